The van der Waals surface area contributed by atoms with Crippen molar-refractivity contribution in [2.24, 2.45) is 5.92 Å². The highest BCUT2D eigenvalue weighted by atomic mass is 15.3. The molecular weight excluding hydrogens is 188 g/mol. The first kappa shape index (κ1) is 8.71. The van der Waals surface area contributed by atoms with Crippen molar-refractivity contribution < 1.29 is 0 Å². The molecule has 2 aromatic rings. The second-order valence-electron chi connectivity index (χ2n) is 4.30. The Hall–Kier alpha value is -1.58. The Labute approximate surface area is 88.1 Å². The maximum Gasteiger partial charge on any atom is 0.115 e. The van der Waals surface area contributed by atoms with Gasteiger partial charge >= 0.3 is 0 Å². The van der Waals surface area contributed by atoms with Crippen molar-refractivity contribution in [3.63, 3.8) is 0 Å². The van der Waals surface area contributed by atoms with Crippen LogP contribution < -0.4 is 5.32 Å². The zero-order valence-corrected chi connectivity index (χ0v) is 8.70. The Morgan fingerprint density at radius 3 is 2.93 bits per heavy atom. The molecule has 0 amide bonds. The number of aromatic amines is 1. The van der Waals surface area contributed by atoms with Crippen LogP contribution in [-0.2, 0) is 0 Å². The Bertz CT molecular complexity index is 472. The zero-order valence-electron chi connectivity index (χ0n) is 8.70. The lowest BCUT2D eigenvalue weighted by Gasteiger charge is -2.13. The van der Waals surface area contributed by atoms with Crippen LogP contribution in [0.25, 0.3) is 11.0 Å². The van der Waals surface area contributed by atoms with Crippen molar-refractivity contribution in [2.45, 2.75) is 25.8 Å². The van der Waals surface area contributed by atoms with E-state index in [1.54, 1.807) is 0 Å². The van der Waals surface area contributed by atoms with Gasteiger partial charge in [0.1, 0.15) is 11.0 Å². The lowest BCUT2D eigenvalue weighted by Crippen LogP contribution is -2.16. The van der Waals surface area contributed by atoms with Crippen molar-refractivity contribution in [3.05, 3.63) is 18.2 Å². The molecule has 1 saturated carbocycles. The average Bonchev–Trinajstić information content (AvgIpc) is 2.98. The van der Waals surface area contributed by atoms with Crippen LogP contribution in [0.1, 0.15) is 19.8 Å². The molecule has 1 aromatic carbocycles. The highest BCUT2D eigenvalue weighted by molar-refractivity contribution is 5.77. The van der Waals surface area contributed by atoms with E-state index < -0.39 is 0 Å². The summed E-state index contributed by atoms with van der Waals surface area (Å²) >= 11 is 0. The van der Waals surface area contributed by atoms with E-state index in [9.17, 15) is 0 Å². The van der Waals surface area contributed by atoms with Gasteiger partial charge in [0.25, 0.3) is 0 Å². The van der Waals surface area contributed by atoms with Crippen LogP contribution in [0.2, 0.25) is 0 Å². The van der Waals surface area contributed by atoms with Gasteiger partial charge in [-0.3, -0.25) is 0 Å². The number of nitrogens with zero attached hydrogens (tertiary/aromatic N) is 2. The summed E-state index contributed by atoms with van der Waals surface area (Å²) in [4.78, 5) is 0. The van der Waals surface area contributed by atoms with Crippen molar-refractivity contribution in [1.29, 1.82) is 0 Å². The van der Waals surface area contributed by atoms with Gasteiger partial charge < -0.3 is 5.32 Å². The molecule has 1 atom stereocenters. The van der Waals surface area contributed by atoms with Crippen LogP contribution >= 0.6 is 0 Å². The third kappa shape index (κ3) is 1.67. The van der Waals surface area contributed by atoms with E-state index in [0.29, 0.717) is 6.04 Å². The first-order valence-electron chi connectivity index (χ1n) is 5.40. The normalized spacial score (nSPS) is 17.9. The summed E-state index contributed by atoms with van der Waals surface area (Å²) in [5, 5.41) is 14.2. The molecule has 0 bridgehead atoms. The van der Waals surface area contributed by atoms with E-state index in [4.69, 9.17) is 0 Å². The first-order valence-corrected chi connectivity index (χ1v) is 5.40. The quantitative estimate of drug-likeness (QED) is 0.802. The number of rotatable bonds is 3. The molecule has 2 N–H and O–H groups in total. The van der Waals surface area contributed by atoms with Crippen LogP contribution in [0, 0.1) is 5.92 Å². The lowest BCUT2D eigenvalue weighted by atomic mass is 10.2. The molecule has 0 spiro atoms. The van der Waals surface area contributed by atoms with Gasteiger partial charge in [-0.1, -0.05) is 0 Å². The summed E-state index contributed by atoms with van der Waals surface area (Å²) in [6.45, 7) is 2.24. The van der Waals surface area contributed by atoms with Crippen molar-refractivity contribution >= 4 is 16.7 Å². The van der Waals surface area contributed by atoms with Crippen LogP contribution in [0.5, 0.6) is 0 Å². The third-order valence-electron chi connectivity index (χ3n) is 3.04. The van der Waals surface area contributed by atoms with E-state index in [0.717, 1.165) is 22.6 Å². The number of aromatic nitrogens is 3. The molecule has 78 valence electrons. The van der Waals surface area contributed by atoms with Crippen molar-refractivity contribution in [2.75, 3.05) is 5.32 Å². The van der Waals surface area contributed by atoms with E-state index in [1.807, 2.05) is 12.1 Å². The largest absolute Gasteiger partial charge is 0.382 e. The molecule has 4 heteroatoms. The van der Waals surface area contributed by atoms with Crippen molar-refractivity contribution in [1.82, 2.24) is 15.4 Å². The molecule has 1 heterocycles. The van der Waals surface area contributed by atoms with Gasteiger partial charge in [-0.15, -0.1) is 0 Å². The van der Waals surface area contributed by atoms with E-state index >= 15 is 0 Å². The third-order valence-corrected chi connectivity index (χ3v) is 3.04. The second kappa shape index (κ2) is 3.22. The van der Waals surface area contributed by atoms with Gasteiger partial charge in [-0.2, -0.15) is 15.4 Å². The van der Waals surface area contributed by atoms with Crippen LogP contribution in [0.4, 0.5) is 5.69 Å². The number of H-pyrrole nitrogens is 1. The molecule has 1 unspecified atom stereocenters. The van der Waals surface area contributed by atoms with Gasteiger partial charge in [0.2, 0.25) is 0 Å². The SMILES string of the molecule is CC(Nc1ccc2n[nH]nc2c1)C1CC1. The highest BCUT2D eigenvalue weighted by Crippen LogP contribution is 2.34. The molecule has 1 fully saturated rings. The molecular formula is C11H14N4. The van der Waals surface area contributed by atoms with E-state index in [-0.39, 0.29) is 0 Å². The minimum atomic E-state index is 0.564. The molecule has 0 radical (unpaired) electrons. The summed E-state index contributed by atoms with van der Waals surface area (Å²) in [5.41, 5.74) is 2.97. The van der Waals surface area contributed by atoms with E-state index in [2.05, 4.69) is 33.7 Å². The van der Waals surface area contributed by atoms with Crippen LogP contribution in [0.15, 0.2) is 18.2 Å². The Balaban J connectivity index is 1.83. The number of nitrogens with one attached hydrogen (secondary N) is 2. The summed E-state index contributed by atoms with van der Waals surface area (Å²) in [7, 11) is 0. The number of anilines is 1. The number of hydrogen-bond donors (Lipinski definition) is 2. The summed E-state index contributed by atoms with van der Waals surface area (Å²) < 4.78 is 0. The number of benzene rings is 1. The van der Waals surface area contributed by atoms with Gasteiger partial charge in [-0.05, 0) is 43.9 Å². The minimum absolute atomic E-state index is 0.564. The van der Waals surface area contributed by atoms with Gasteiger partial charge in [0, 0.05) is 11.7 Å². The van der Waals surface area contributed by atoms with E-state index in [1.165, 1.54) is 12.8 Å². The fourth-order valence-electron chi connectivity index (χ4n) is 1.91. The fraction of sp³-hybridized carbons (Fsp3) is 0.455. The molecule has 4 nitrogen and oxygen atoms in total. The van der Waals surface area contributed by atoms with Gasteiger partial charge in [0.05, 0.1) is 0 Å². The fourth-order valence-corrected chi connectivity index (χ4v) is 1.91. The Morgan fingerprint density at radius 1 is 1.33 bits per heavy atom. The van der Waals surface area contributed by atoms with Gasteiger partial charge in [-0.25, -0.2) is 0 Å². The topological polar surface area (TPSA) is 53.6 Å². The predicted molar refractivity (Wildman–Crippen MR) is 59.7 cm³/mol. The number of hydrogen-bond acceptors (Lipinski definition) is 3. The van der Waals surface area contributed by atoms with Crippen molar-refractivity contribution in [3.8, 4) is 0 Å². The minimum Gasteiger partial charge on any atom is -0.382 e. The monoisotopic (exact) mass is 202 g/mol. The predicted octanol–water partition coefficient (Wildman–Crippen LogP) is 2.17. The Morgan fingerprint density at radius 2 is 2.13 bits per heavy atom. The molecule has 15 heavy (non-hydrogen) atoms. The Kier molecular flexibility index (Phi) is 1.87. The standard InChI is InChI=1S/C11H14N4/c1-7(8-2-3-8)12-9-4-5-10-11(6-9)14-15-13-10/h4-8,12H,2-3H2,1H3,(H,13,14,15). The lowest BCUT2D eigenvalue weighted by molar-refractivity contribution is 0.694. The summed E-state index contributed by atoms with van der Waals surface area (Å²) in [6.07, 6.45) is 2.72. The maximum absolute atomic E-state index is 4.07. The summed E-state index contributed by atoms with van der Waals surface area (Å²) in [6, 6.07) is 6.65. The average molecular weight is 202 g/mol. The highest BCUT2D eigenvalue weighted by Gasteiger charge is 2.27. The molecule has 0 aliphatic heterocycles. The first-order chi connectivity index (χ1) is 7.33. The van der Waals surface area contributed by atoms with Crippen LogP contribution in [-0.4, -0.2) is 21.5 Å². The second-order valence-corrected chi connectivity index (χ2v) is 4.30. The molecule has 1 aliphatic carbocycles. The zero-order chi connectivity index (χ0) is 10.3. The molecule has 0 saturated heterocycles. The smallest absolute Gasteiger partial charge is 0.115 e. The molecule has 1 aromatic heterocycles. The summed E-state index contributed by atoms with van der Waals surface area (Å²) in [5.74, 6) is 0.859. The molecule has 1 aliphatic rings. The molecule has 3 rings (SSSR count). The van der Waals surface area contributed by atoms with Gasteiger partial charge in [0.15, 0.2) is 0 Å². The van der Waals surface area contributed by atoms with Crippen LogP contribution in [0.3, 0.4) is 0 Å². The number of fused-ring (bicyclic) bond motifs is 1. The maximum atomic E-state index is 4.07.